The molecule has 152 valence electrons. The Labute approximate surface area is 169 Å². The van der Waals surface area contributed by atoms with Crippen LogP contribution in [0.15, 0.2) is 53.3 Å². The molecule has 0 aliphatic carbocycles. The summed E-state index contributed by atoms with van der Waals surface area (Å²) in [5.74, 6) is 0.295. The van der Waals surface area contributed by atoms with Gasteiger partial charge in [-0.3, -0.25) is 19.7 Å². The number of aryl methyl sites for hydroxylation is 1. The van der Waals surface area contributed by atoms with Crippen LogP contribution < -0.4 is 20.2 Å². The first-order valence-corrected chi connectivity index (χ1v) is 9.00. The zero-order chi connectivity index (χ0) is 21.3. The molecule has 1 aliphatic rings. The van der Waals surface area contributed by atoms with Crippen LogP contribution in [0.1, 0.15) is 16.2 Å². The van der Waals surface area contributed by atoms with Crippen LogP contribution in [0, 0.1) is 17.0 Å². The van der Waals surface area contributed by atoms with Gasteiger partial charge in [0.05, 0.1) is 4.92 Å². The van der Waals surface area contributed by atoms with Crippen molar-refractivity contribution in [2.24, 2.45) is 0 Å². The van der Waals surface area contributed by atoms with Crippen LogP contribution in [0.4, 0.5) is 11.4 Å². The molecule has 1 amide bonds. The summed E-state index contributed by atoms with van der Waals surface area (Å²) in [5, 5.41) is 18.1. The van der Waals surface area contributed by atoms with Crippen molar-refractivity contribution in [1.82, 2.24) is 9.78 Å². The quantitative estimate of drug-likeness (QED) is 0.519. The smallest absolute Gasteiger partial charge is 0.294 e. The van der Waals surface area contributed by atoms with Gasteiger partial charge in [0.2, 0.25) is 5.43 Å². The summed E-state index contributed by atoms with van der Waals surface area (Å²) in [6.07, 6.45) is 0. The van der Waals surface area contributed by atoms with Crippen molar-refractivity contribution in [2.75, 3.05) is 18.5 Å². The van der Waals surface area contributed by atoms with Gasteiger partial charge in [0, 0.05) is 29.6 Å². The number of nitro benzene ring substituents is 1. The van der Waals surface area contributed by atoms with Crippen molar-refractivity contribution < 1.29 is 19.2 Å². The number of ether oxygens (including phenoxy) is 2. The van der Waals surface area contributed by atoms with E-state index in [2.05, 4.69) is 10.4 Å². The molecule has 0 spiro atoms. The minimum Gasteiger partial charge on any atom is -0.486 e. The van der Waals surface area contributed by atoms with Gasteiger partial charge in [0.25, 0.3) is 11.6 Å². The molecule has 1 aromatic heterocycles. The number of nitrogens with zero attached hydrogens (tertiary/aromatic N) is 3. The Balaban J connectivity index is 1.70. The van der Waals surface area contributed by atoms with Crippen molar-refractivity contribution in [3.8, 4) is 17.2 Å². The SMILES string of the molecule is Cc1cc(=O)c(C(=O)Nc2ccc3c(c2)OCCO3)nn1-c1ccccc1[N+](=O)[O-]. The molecule has 30 heavy (non-hydrogen) atoms. The van der Waals surface area contributed by atoms with Crippen LogP contribution in [-0.4, -0.2) is 33.8 Å². The molecule has 2 heterocycles. The Morgan fingerprint density at radius 1 is 1.13 bits per heavy atom. The molecule has 0 unspecified atom stereocenters. The average Bonchev–Trinajstić information content (AvgIpc) is 2.73. The standard InChI is InChI=1S/C20H16N4O6/c1-12-10-16(25)19(22-23(12)14-4-2-3-5-15(14)24(27)28)20(26)21-13-6-7-17-18(11-13)30-9-8-29-17/h2-7,10-11H,8-9H2,1H3,(H,21,26). The molecule has 3 aromatic rings. The van der Waals surface area contributed by atoms with Gasteiger partial charge in [-0.15, -0.1) is 0 Å². The summed E-state index contributed by atoms with van der Waals surface area (Å²) in [5.41, 5.74) is -0.303. The average molecular weight is 408 g/mol. The van der Waals surface area contributed by atoms with E-state index in [0.29, 0.717) is 36.1 Å². The highest BCUT2D eigenvalue weighted by atomic mass is 16.6. The number of nitro groups is 1. The topological polar surface area (TPSA) is 126 Å². The maximum absolute atomic E-state index is 12.7. The number of benzene rings is 2. The lowest BCUT2D eigenvalue weighted by Gasteiger charge is -2.19. The minimum atomic E-state index is -0.746. The van der Waals surface area contributed by atoms with Gasteiger partial charge in [0.1, 0.15) is 18.9 Å². The third-order valence-electron chi connectivity index (χ3n) is 4.43. The fraction of sp³-hybridized carbons (Fsp3) is 0.150. The predicted octanol–water partition coefficient (Wildman–Crippen LogP) is 2.47. The Kier molecular flexibility index (Phi) is 4.88. The van der Waals surface area contributed by atoms with E-state index in [1.165, 1.54) is 28.9 Å². The number of aromatic nitrogens is 2. The van der Waals surface area contributed by atoms with Crippen molar-refractivity contribution in [3.63, 3.8) is 0 Å². The number of anilines is 1. The number of rotatable bonds is 4. The molecular formula is C20H16N4O6. The van der Waals surface area contributed by atoms with E-state index in [-0.39, 0.29) is 11.4 Å². The monoisotopic (exact) mass is 408 g/mol. The summed E-state index contributed by atoms with van der Waals surface area (Å²) >= 11 is 0. The van der Waals surface area contributed by atoms with E-state index in [0.717, 1.165) is 0 Å². The van der Waals surface area contributed by atoms with Crippen LogP contribution in [0.2, 0.25) is 0 Å². The number of fused-ring (bicyclic) bond motifs is 1. The van der Waals surface area contributed by atoms with Gasteiger partial charge < -0.3 is 14.8 Å². The molecule has 0 saturated heterocycles. The fourth-order valence-corrected chi connectivity index (χ4v) is 3.06. The predicted molar refractivity (Wildman–Crippen MR) is 107 cm³/mol. The van der Waals surface area contributed by atoms with E-state index in [1.54, 1.807) is 31.2 Å². The highest BCUT2D eigenvalue weighted by molar-refractivity contribution is 6.02. The molecule has 2 aromatic carbocycles. The van der Waals surface area contributed by atoms with Crippen molar-refractivity contribution >= 4 is 17.3 Å². The van der Waals surface area contributed by atoms with Gasteiger partial charge in [-0.25, -0.2) is 4.68 Å². The summed E-state index contributed by atoms with van der Waals surface area (Å²) in [7, 11) is 0. The number of nitrogens with one attached hydrogen (secondary N) is 1. The Hall–Kier alpha value is -4.21. The molecule has 0 atom stereocenters. The summed E-state index contributed by atoms with van der Waals surface area (Å²) in [6.45, 7) is 2.41. The molecule has 1 N–H and O–H groups in total. The zero-order valence-electron chi connectivity index (χ0n) is 15.8. The summed E-state index contributed by atoms with van der Waals surface area (Å²) < 4.78 is 12.1. The van der Waals surface area contributed by atoms with Gasteiger partial charge in [0.15, 0.2) is 17.2 Å². The van der Waals surface area contributed by atoms with Gasteiger partial charge in [-0.2, -0.15) is 5.10 Å². The zero-order valence-corrected chi connectivity index (χ0v) is 15.8. The van der Waals surface area contributed by atoms with Gasteiger partial charge in [-0.05, 0) is 25.1 Å². The third-order valence-corrected chi connectivity index (χ3v) is 4.43. The van der Waals surface area contributed by atoms with Crippen molar-refractivity contribution in [1.29, 1.82) is 0 Å². The van der Waals surface area contributed by atoms with Crippen molar-refractivity contribution in [3.05, 3.63) is 80.3 Å². The van der Waals surface area contributed by atoms with E-state index in [1.807, 2.05) is 0 Å². The second-order valence-electron chi connectivity index (χ2n) is 6.47. The Bertz CT molecular complexity index is 1220. The van der Waals surface area contributed by atoms with Crippen molar-refractivity contribution in [2.45, 2.75) is 6.92 Å². The lowest BCUT2D eigenvalue weighted by atomic mass is 10.2. The molecule has 0 bridgehead atoms. The Morgan fingerprint density at radius 2 is 1.87 bits per heavy atom. The van der Waals surface area contributed by atoms with Crippen LogP contribution in [0.25, 0.3) is 5.69 Å². The van der Waals surface area contributed by atoms with E-state index >= 15 is 0 Å². The second kappa shape index (κ2) is 7.66. The molecule has 10 nitrogen and oxygen atoms in total. The second-order valence-corrected chi connectivity index (χ2v) is 6.47. The number of carbonyl (C=O) groups is 1. The Morgan fingerprint density at radius 3 is 2.63 bits per heavy atom. The molecule has 0 saturated carbocycles. The third kappa shape index (κ3) is 3.58. The van der Waals surface area contributed by atoms with Crippen LogP contribution >= 0.6 is 0 Å². The summed E-state index contributed by atoms with van der Waals surface area (Å²) in [4.78, 5) is 35.9. The molecule has 10 heteroatoms. The highest BCUT2D eigenvalue weighted by Crippen LogP contribution is 2.32. The first-order valence-electron chi connectivity index (χ1n) is 9.00. The van der Waals surface area contributed by atoms with Gasteiger partial charge in [-0.1, -0.05) is 12.1 Å². The van der Waals surface area contributed by atoms with E-state index in [9.17, 15) is 19.7 Å². The first-order chi connectivity index (χ1) is 14.4. The van der Waals surface area contributed by atoms with E-state index in [4.69, 9.17) is 9.47 Å². The van der Waals surface area contributed by atoms with Crippen LogP contribution in [0.3, 0.4) is 0 Å². The van der Waals surface area contributed by atoms with Gasteiger partial charge >= 0.3 is 0 Å². The number of para-hydroxylation sites is 2. The van der Waals surface area contributed by atoms with Crippen LogP contribution in [-0.2, 0) is 0 Å². The largest absolute Gasteiger partial charge is 0.486 e. The maximum atomic E-state index is 12.7. The summed E-state index contributed by atoms with van der Waals surface area (Å²) in [6, 6.07) is 12.0. The maximum Gasteiger partial charge on any atom is 0.294 e. The van der Waals surface area contributed by atoms with Crippen LogP contribution in [0.5, 0.6) is 11.5 Å². The highest BCUT2D eigenvalue weighted by Gasteiger charge is 2.21. The normalized spacial score (nSPS) is 12.3. The first kappa shape index (κ1) is 19.1. The molecule has 0 fully saturated rings. The molecule has 0 radical (unpaired) electrons. The number of hydrogen-bond donors (Lipinski definition) is 1. The van der Waals surface area contributed by atoms with E-state index < -0.39 is 22.0 Å². The lowest BCUT2D eigenvalue weighted by Crippen LogP contribution is -2.27. The fourth-order valence-electron chi connectivity index (χ4n) is 3.06. The molecule has 4 rings (SSSR count). The molecular weight excluding hydrogens is 392 g/mol. The number of amides is 1. The minimum absolute atomic E-state index is 0.147. The molecule has 1 aliphatic heterocycles. The number of hydrogen-bond acceptors (Lipinski definition) is 7. The lowest BCUT2D eigenvalue weighted by molar-refractivity contribution is -0.384. The number of carbonyl (C=O) groups excluding carboxylic acids is 1.